The van der Waals surface area contributed by atoms with Crippen molar-refractivity contribution in [1.29, 1.82) is 5.26 Å². The molecule has 2 nitrogen and oxygen atoms in total. The van der Waals surface area contributed by atoms with E-state index in [1.165, 1.54) is 6.07 Å². The minimum Gasteiger partial charge on any atom is -0.312 e. The standard InChI is InChI=1S/C9H8ClFN2/c1-5-2-3-6(10)8(9(5)11)7(13)4-12/h2-3,7H,13H2,1H3/t7-/m1/s1. The van der Waals surface area contributed by atoms with Crippen LogP contribution in [0.25, 0.3) is 0 Å². The Morgan fingerprint density at radius 3 is 2.77 bits per heavy atom. The van der Waals surface area contributed by atoms with E-state index in [1.54, 1.807) is 19.1 Å². The van der Waals surface area contributed by atoms with E-state index >= 15 is 0 Å². The summed E-state index contributed by atoms with van der Waals surface area (Å²) in [4.78, 5) is 0. The summed E-state index contributed by atoms with van der Waals surface area (Å²) in [7, 11) is 0. The first-order valence-electron chi connectivity index (χ1n) is 3.67. The van der Waals surface area contributed by atoms with Crippen molar-refractivity contribution in [3.8, 4) is 6.07 Å². The van der Waals surface area contributed by atoms with Gasteiger partial charge in [0.15, 0.2) is 0 Å². The molecule has 13 heavy (non-hydrogen) atoms. The summed E-state index contributed by atoms with van der Waals surface area (Å²) in [6.07, 6.45) is 0. The van der Waals surface area contributed by atoms with E-state index in [0.717, 1.165) is 0 Å². The van der Waals surface area contributed by atoms with E-state index in [9.17, 15) is 4.39 Å². The van der Waals surface area contributed by atoms with Gasteiger partial charge in [0, 0.05) is 10.6 Å². The zero-order chi connectivity index (χ0) is 10.0. The molecule has 0 aromatic heterocycles. The quantitative estimate of drug-likeness (QED) is 0.753. The summed E-state index contributed by atoms with van der Waals surface area (Å²) in [5.41, 5.74) is 5.89. The van der Waals surface area contributed by atoms with Crippen LogP contribution in [0.1, 0.15) is 17.2 Å². The summed E-state index contributed by atoms with van der Waals surface area (Å²) < 4.78 is 13.4. The summed E-state index contributed by atoms with van der Waals surface area (Å²) in [5.74, 6) is -0.499. The molecule has 1 rings (SSSR count). The van der Waals surface area contributed by atoms with E-state index in [2.05, 4.69) is 0 Å². The van der Waals surface area contributed by atoms with Crippen molar-refractivity contribution in [3.05, 3.63) is 34.1 Å². The van der Waals surface area contributed by atoms with E-state index < -0.39 is 11.9 Å². The Morgan fingerprint density at radius 1 is 1.62 bits per heavy atom. The van der Waals surface area contributed by atoms with Crippen LogP contribution in [0, 0.1) is 24.1 Å². The van der Waals surface area contributed by atoms with Crippen LogP contribution in [0.5, 0.6) is 0 Å². The van der Waals surface area contributed by atoms with Crippen LogP contribution in [-0.2, 0) is 0 Å². The Kier molecular flexibility index (Phi) is 2.86. The highest BCUT2D eigenvalue weighted by Crippen LogP contribution is 2.26. The van der Waals surface area contributed by atoms with Gasteiger partial charge in [-0.1, -0.05) is 17.7 Å². The van der Waals surface area contributed by atoms with Gasteiger partial charge in [0.2, 0.25) is 0 Å². The van der Waals surface area contributed by atoms with Crippen molar-refractivity contribution in [3.63, 3.8) is 0 Å². The van der Waals surface area contributed by atoms with Gasteiger partial charge in [-0.3, -0.25) is 0 Å². The molecule has 1 aromatic rings. The van der Waals surface area contributed by atoms with E-state index in [1.807, 2.05) is 0 Å². The van der Waals surface area contributed by atoms with Gasteiger partial charge in [-0.2, -0.15) is 5.26 Å². The van der Waals surface area contributed by atoms with Gasteiger partial charge in [0.1, 0.15) is 11.9 Å². The Bertz CT molecular complexity index is 371. The number of halogens is 2. The predicted molar refractivity (Wildman–Crippen MR) is 48.7 cm³/mol. The lowest BCUT2D eigenvalue weighted by Gasteiger charge is -2.08. The lowest BCUT2D eigenvalue weighted by atomic mass is 10.1. The Hall–Kier alpha value is -1.11. The first kappa shape index (κ1) is 9.97. The second-order valence-corrected chi connectivity index (χ2v) is 3.11. The number of aryl methyl sites for hydroxylation is 1. The molecular formula is C9H8ClFN2. The van der Waals surface area contributed by atoms with Crippen LogP contribution in [0.4, 0.5) is 4.39 Å². The molecule has 0 amide bonds. The molecule has 0 saturated carbocycles. The van der Waals surface area contributed by atoms with Crippen LogP contribution in [0.2, 0.25) is 5.02 Å². The topological polar surface area (TPSA) is 49.8 Å². The van der Waals surface area contributed by atoms with Gasteiger partial charge >= 0.3 is 0 Å². The average molecular weight is 199 g/mol. The highest BCUT2D eigenvalue weighted by molar-refractivity contribution is 6.31. The van der Waals surface area contributed by atoms with Gasteiger partial charge in [0.25, 0.3) is 0 Å². The van der Waals surface area contributed by atoms with Crippen molar-refractivity contribution in [1.82, 2.24) is 0 Å². The molecule has 0 heterocycles. The molecule has 0 unspecified atom stereocenters. The van der Waals surface area contributed by atoms with Crippen molar-refractivity contribution >= 4 is 11.6 Å². The number of nitrogens with zero attached hydrogens (tertiary/aromatic N) is 1. The van der Waals surface area contributed by atoms with Gasteiger partial charge in [-0.15, -0.1) is 0 Å². The fraction of sp³-hybridized carbons (Fsp3) is 0.222. The molecule has 0 aliphatic carbocycles. The van der Waals surface area contributed by atoms with Gasteiger partial charge in [0.05, 0.1) is 6.07 Å². The normalized spacial score (nSPS) is 12.2. The summed E-state index contributed by atoms with van der Waals surface area (Å²) in [5, 5.41) is 8.72. The molecule has 0 spiro atoms. The van der Waals surface area contributed by atoms with E-state index in [4.69, 9.17) is 22.6 Å². The van der Waals surface area contributed by atoms with E-state index in [-0.39, 0.29) is 10.6 Å². The monoisotopic (exact) mass is 198 g/mol. The molecular weight excluding hydrogens is 191 g/mol. The molecule has 1 aromatic carbocycles. The van der Waals surface area contributed by atoms with Crippen LogP contribution in [-0.4, -0.2) is 0 Å². The number of rotatable bonds is 1. The second kappa shape index (κ2) is 3.73. The third-order valence-electron chi connectivity index (χ3n) is 1.77. The van der Waals surface area contributed by atoms with Crippen molar-refractivity contribution in [2.24, 2.45) is 5.73 Å². The number of nitriles is 1. The molecule has 68 valence electrons. The highest BCUT2D eigenvalue weighted by Gasteiger charge is 2.16. The number of benzene rings is 1. The van der Waals surface area contributed by atoms with Crippen molar-refractivity contribution in [2.75, 3.05) is 0 Å². The molecule has 0 saturated heterocycles. The minimum absolute atomic E-state index is 0.0733. The zero-order valence-corrected chi connectivity index (χ0v) is 7.77. The lowest BCUT2D eigenvalue weighted by molar-refractivity contribution is 0.595. The van der Waals surface area contributed by atoms with Gasteiger partial charge in [-0.05, 0) is 18.6 Å². The molecule has 0 radical (unpaired) electrons. The van der Waals surface area contributed by atoms with Crippen LogP contribution in [0.15, 0.2) is 12.1 Å². The molecule has 0 fully saturated rings. The van der Waals surface area contributed by atoms with Gasteiger partial charge < -0.3 is 5.73 Å². The maximum absolute atomic E-state index is 13.4. The second-order valence-electron chi connectivity index (χ2n) is 2.70. The Morgan fingerprint density at radius 2 is 2.23 bits per heavy atom. The molecule has 4 heteroatoms. The van der Waals surface area contributed by atoms with Crippen molar-refractivity contribution < 1.29 is 4.39 Å². The van der Waals surface area contributed by atoms with Crippen LogP contribution in [0.3, 0.4) is 0 Å². The third-order valence-corrected chi connectivity index (χ3v) is 2.10. The van der Waals surface area contributed by atoms with Crippen LogP contribution < -0.4 is 5.73 Å². The fourth-order valence-corrected chi connectivity index (χ4v) is 1.29. The SMILES string of the molecule is Cc1ccc(Cl)c([C@H](N)C#N)c1F. The number of nitrogens with two attached hydrogens (primary N) is 1. The number of hydrogen-bond acceptors (Lipinski definition) is 2. The molecule has 2 N–H and O–H groups in total. The number of hydrogen-bond donors (Lipinski definition) is 1. The minimum atomic E-state index is -1.01. The predicted octanol–water partition coefficient (Wildman–Crippen LogP) is 2.31. The maximum atomic E-state index is 13.4. The summed E-state index contributed by atoms with van der Waals surface area (Å²) in [6.45, 7) is 1.60. The first-order valence-corrected chi connectivity index (χ1v) is 4.05. The highest BCUT2D eigenvalue weighted by atomic mass is 35.5. The maximum Gasteiger partial charge on any atom is 0.133 e. The molecule has 0 aliphatic rings. The van der Waals surface area contributed by atoms with Crippen molar-refractivity contribution in [2.45, 2.75) is 13.0 Å². The largest absolute Gasteiger partial charge is 0.312 e. The van der Waals surface area contributed by atoms with E-state index in [0.29, 0.717) is 5.56 Å². The summed E-state index contributed by atoms with van der Waals surface area (Å²) >= 11 is 5.70. The average Bonchev–Trinajstić information content (AvgIpc) is 2.12. The van der Waals surface area contributed by atoms with Crippen LogP contribution >= 0.6 is 11.6 Å². The zero-order valence-electron chi connectivity index (χ0n) is 7.01. The Labute approximate surface area is 80.7 Å². The first-order chi connectivity index (χ1) is 6.07. The third kappa shape index (κ3) is 1.80. The smallest absolute Gasteiger partial charge is 0.133 e. The lowest BCUT2D eigenvalue weighted by Crippen LogP contribution is -2.11. The fourth-order valence-electron chi connectivity index (χ4n) is 1.03. The Balaban J connectivity index is 3.35. The summed E-state index contributed by atoms with van der Waals surface area (Å²) in [6, 6.07) is 3.82. The molecule has 0 aliphatic heterocycles. The molecule has 1 atom stereocenters. The molecule has 0 bridgehead atoms. The van der Waals surface area contributed by atoms with Gasteiger partial charge in [-0.25, -0.2) is 4.39 Å².